The normalized spacial score (nSPS) is 25.3. The molecule has 1 aromatic rings. The van der Waals surface area contributed by atoms with Crippen LogP contribution >= 0.6 is 0 Å². The molecule has 1 aromatic heterocycles. The van der Waals surface area contributed by atoms with Crippen LogP contribution in [0.15, 0.2) is 36.1 Å². The molecule has 0 spiro atoms. The third-order valence-corrected chi connectivity index (χ3v) is 7.21. The number of nitrogens with zero attached hydrogens (tertiary/aromatic N) is 4. The van der Waals surface area contributed by atoms with E-state index in [-0.39, 0.29) is 0 Å². The highest BCUT2D eigenvalue weighted by atomic mass is 15.3. The lowest BCUT2D eigenvalue weighted by Gasteiger charge is -2.26. The molecule has 2 atom stereocenters. The summed E-state index contributed by atoms with van der Waals surface area (Å²) in [6, 6.07) is 2.53. The van der Waals surface area contributed by atoms with Gasteiger partial charge in [0.1, 0.15) is 5.82 Å². The summed E-state index contributed by atoms with van der Waals surface area (Å²) in [6.07, 6.45) is 20.6. The van der Waals surface area contributed by atoms with Gasteiger partial charge in [0.2, 0.25) is 5.95 Å². The van der Waals surface area contributed by atoms with Crippen molar-refractivity contribution < 1.29 is 0 Å². The summed E-state index contributed by atoms with van der Waals surface area (Å²) in [6.45, 7) is 10.3. The molecule has 0 bridgehead atoms. The van der Waals surface area contributed by atoms with Crippen LogP contribution in [-0.4, -0.2) is 53.6 Å². The Bertz CT molecular complexity index is 763. The van der Waals surface area contributed by atoms with E-state index in [4.69, 9.17) is 4.98 Å². The third kappa shape index (κ3) is 7.06. The first-order valence-electron chi connectivity index (χ1n) is 13.1. The van der Waals surface area contributed by atoms with Gasteiger partial charge in [-0.25, -0.2) is 4.98 Å². The van der Waals surface area contributed by atoms with Gasteiger partial charge in [-0.2, -0.15) is 4.98 Å². The fourth-order valence-corrected chi connectivity index (χ4v) is 5.34. The zero-order chi connectivity index (χ0) is 22.2. The molecule has 5 nitrogen and oxygen atoms in total. The molecule has 2 saturated heterocycles. The number of anilines is 2. The van der Waals surface area contributed by atoms with E-state index < -0.39 is 0 Å². The second kappa shape index (κ2) is 11.8. The predicted molar refractivity (Wildman–Crippen MR) is 135 cm³/mol. The largest absolute Gasteiger partial charge is 0.356 e. The van der Waals surface area contributed by atoms with E-state index in [1.807, 2.05) is 6.20 Å². The Morgan fingerprint density at radius 3 is 2.72 bits per heavy atom. The highest BCUT2D eigenvalue weighted by molar-refractivity contribution is 5.43. The van der Waals surface area contributed by atoms with Crippen molar-refractivity contribution in [2.75, 3.05) is 42.9 Å². The number of likely N-dealkylation sites (tertiary alicyclic amines) is 1. The Hall–Kier alpha value is -1.88. The monoisotopic (exact) mass is 437 g/mol. The van der Waals surface area contributed by atoms with Crippen LogP contribution in [0.25, 0.3) is 0 Å². The molecule has 1 aliphatic carbocycles. The van der Waals surface area contributed by atoms with E-state index in [1.54, 1.807) is 5.57 Å². The topological polar surface area (TPSA) is 44.3 Å². The SMILES string of the molecule is CC(C)/C=C/CC1=CCC(CN2CCC(Nc3nccc(N4CCCCCC4)n3)C2)CC1. The number of rotatable bonds is 8. The molecule has 3 aliphatic rings. The van der Waals surface area contributed by atoms with Crippen molar-refractivity contribution in [3.05, 3.63) is 36.1 Å². The summed E-state index contributed by atoms with van der Waals surface area (Å²) in [5.41, 5.74) is 1.64. The number of nitrogens with one attached hydrogen (secondary N) is 1. The van der Waals surface area contributed by atoms with E-state index in [0.29, 0.717) is 12.0 Å². The van der Waals surface area contributed by atoms with Gasteiger partial charge in [0.25, 0.3) is 0 Å². The quantitative estimate of drug-likeness (QED) is 0.531. The van der Waals surface area contributed by atoms with Gasteiger partial charge < -0.3 is 15.1 Å². The summed E-state index contributed by atoms with van der Waals surface area (Å²) in [7, 11) is 0. The lowest BCUT2D eigenvalue weighted by Crippen LogP contribution is -2.31. The van der Waals surface area contributed by atoms with Crippen molar-refractivity contribution in [1.82, 2.24) is 14.9 Å². The highest BCUT2D eigenvalue weighted by Crippen LogP contribution is 2.28. The fraction of sp³-hybridized carbons (Fsp3) is 0.704. The minimum absolute atomic E-state index is 0.463. The Kier molecular flexibility index (Phi) is 8.61. The van der Waals surface area contributed by atoms with E-state index >= 15 is 0 Å². The lowest BCUT2D eigenvalue weighted by molar-refractivity contribution is 0.263. The zero-order valence-electron chi connectivity index (χ0n) is 20.3. The van der Waals surface area contributed by atoms with E-state index in [9.17, 15) is 0 Å². The van der Waals surface area contributed by atoms with E-state index in [1.165, 1.54) is 64.5 Å². The van der Waals surface area contributed by atoms with Crippen LogP contribution in [0, 0.1) is 11.8 Å². The van der Waals surface area contributed by atoms with Gasteiger partial charge >= 0.3 is 0 Å². The summed E-state index contributed by atoms with van der Waals surface area (Å²) in [4.78, 5) is 14.5. The van der Waals surface area contributed by atoms with Crippen LogP contribution in [0.4, 0.5) is 11.8 Å². The minimum Gasteiger partial charge on any atom is -0.356 e. The number of hydrogen-bond acceptors (Lipinski definition) is 5. The molecule has 0 radical (unpaired) electrons. The van der Waals surface area contributed by atoms with Crippen LogP contribution in [0.3, 0.4) is 0 Å². The summed E-state index contributed by atoms with van der Waals surface area (Å²) in [5, 5.41) is 3.63. The van der Waals surface area contributed by atoms with Gasteiger partial charge in [0, 0.05) is 45.0 Å². The van der Waals surface area contributed by atoms with Crippen LogP contribution in [0.2, 0.25) is 0 Å². The van der Waals surface area contributed by atoms with Gasteiger partial charge in [-0.1, -0.05) is 50.5 Å². The van der Waals surface area contributed by atoms with Crippen molar-refractivity contribution in [2.24, 2.45) is 11.8 Å². The van der Waals surface area contributed by atoms with Crippen LogP contribution in [-0.2, 0) is 0 Å². The average Bonchev–Trinajstić information content (AvgIpc) is 3.05. The molecule has 176 valence electrons. The smallest absolute Gasteiger partial charge is 0.224 e. The van der Waals surface area contributed by atoms with Crippen molar-refractivity contribution in [2.45, 2.75) is 77.7 Å². The first-order chi connectivity index (χ1) is 15.7. The molecule has 1 N–H and O–H groups in total. The first-order valence-corrected chi connectivity index (χ1v) is 13.1. The summed E-state index contributed by atoms with van der Waals surface area (Å²) >= 11 is 0. The van der Waals surface area contributed by atoms with Gasteiger partial charge in [0.15, 0.2) is 0 Å². The molecule has 4 rings (SSSR count). The molecule has 2 unspecified atom stereocenters. The van der Waals surface area contributed by atoms with Gasteiger partial charge in [-0.15, -0.1) is 0 Å². The Morgan fingerprint density at radius 1 is 1.12 bits per heavy atom. The maximum atomic E-state index is 4.86. The Morgan fingerprint density at radius 2 is 1.97 bits per heavy atom. The van der Waals surface area contributed by atoms with E-state index in [2.05, 4.69) is 58.2 Å². The second-order valence-corrected chi connectivity index (χ2v) is 10.4. The third-order valence-electron chi connectivity index (χ3n) is 7.21. The van der Waals surface area contributed by atoms with E-state index in [0.717, 1.165) is 43.7 Å². The molecular weight excluding hydrogens is 394 g/mol. The summed E-state index contributed by atoms with van der Waals surface area (Å²) in [5.74, 6) is 3.37. The average molecular weight is 438 g/mol. The highest BCUT2D eigenvalue weighted by Gasteiger charge is 2.26. The Labute approximate surface area is 195 Å². The molecule has 3 heterocycles. The van der Waals surface area contributed by atoms with Gasteiger partial charge in [-0.05, 0) is 62.8 Å². The number of allylic oxidation sites excluding steroid dienone is 4. The predicted octanol–water partition coefficient (Wildman–Crippen LogP) is 5.67. The molecule has 32 heavy (non-hydrogen) atoms. The molecule has 2 aliphatic heterocycles. The van der Waals surface area contributed by atoms with Crippen molar-refractivity contribution in [3.8, 4) is 0 Å². The molecular formula is C27H43N5. The van der Waals surface area contributed by atoms with Crippen molar-refractivity contribution in [1.29, 1.82) is 0 Å². The van der Waals surface area contributed by atoms with Crippen LogP contribution in [0.5, 0.6) is 0 Å². The minimum atomic E-state index is 0.463. The second-order valence-electron chi connectivity index (χ2n) is 10.4. The van der Waals surface area contributed by atoms with Gasteiger partial charge in [-0.3, -0.25) is 0 Å². The molecule has 5 heteroatoms. The zero-order valence-corrected chi connectivity index (χ0v) is 20.3. The maximum Gasteiger partial charge on any atom is 0.224 e. The van der Waals surface area contributed by atoms with Crippen molar-refractivity contribution in [3.63, 3.8) is 0 Å². The molecule has 2 fully saturated rings. The Balaban J connectivity index is 1.22. The van der Waals surface area contributed by atoms with Crippen LogP contribution < -0.4 is 10.2 Å². The standard InChI is InChI=1S/C27H43N5/c1-22(2)8-7-9-23-10-12-24(13-11-23)20-31-19-15-25(21-31)29-27-28-16-14-26(30-27)32-17-5-3-4-6-18-32/h7-8,10,14,16,22,24-25H,3-6,9,11-13,15,17-21H2,1-2H3,(H,28,29,30)/b8-7+. The first kappa shape index (κ1) is 23.3. The van der Waals surface area contributed by atoms with Crippen LogP contribution in [0.1, 0.15) is 71.6 Å². The molecule has 0 amide bonds. The van der Waals surface area contributed by atoms with Crippen molar-refractivity contribution >= 4 is 11.8 Å². The molecule has 0 aromatic carbocycles. The number of aromatic nitrogens is 2. The maximum absolute atomic E-state index is 4.86. The summed E-state index contributed by atoms with van der Waals surface area (Å²) < 4.78 is 0. The van der Waals surface area contributed by atoms with Gasteiger partial charge in [0.05, 0.1) is 0 Å². The molecule has 0 saturated carbocycles. The lowest BCUT2D eigenvalue weighted by atomic mass is 9.88. The number of hydrogen-bond donors (Lipinski definition) is 1. The fourth-order valence-electron chi connectivity index (χ4n) is 5.34.